The number of hydrogen-bond donors (Lipinski definition) is 1. The zero-order valence-electron chi connectivity index (χ0n) is 13.9. The molecule has 1 fully saturated rings. The van der Waals surface area contributed by atoms with Gasteiger partial charge in [-0.1, -0.05) is 12.1 Å². The summed E-state index contributed by atoms with van der Waals surface area (Å²) in [5.41, 5.74) is 1.22. The first-order valence-corrected chi connectivity index (χ1v) is 9.63. The van der Waals surface area contributed by atoms with E-state index in [2.05, 4.69) is 4.74 Å². The lowest BCUT2D eigenvalue weighted by Crippen LogP contribution is -2.40. The average molecular weight is 385 g/mol. The molecule has 2 rings (SSSR count). The van der Waals surface area contributed by atoms with Gasteiger partial charge in [-0.2, -0.15) is 0 Å². The Balaban J connectivity index is 1.75. The monoisotopic (exact) mass is 385 g/mol. The summed E-state index contributed by atoms with van der Waals surface area (Å²) in [6, 6.07) is 7.55. The van der Waals surface area contributed by atoms with E-state index >= 15 is 0 Å². The van der Waals surface area contributed by atoms with Crippen LogP contribution in [-0.4, -0.2) is 49.3 Å². The summed E-state index contributed by atoms with van der Waals surface area (Å²) >= 11 is 3.82. The maximum atomic E-state index is 11.7. The molecule has 1 heterocycles. The fourth-order valence-corrected chi connectivity index (χ4v) is 4.81. The molecule has 0 aromatic heterocycles. The molecule has 1 aliphatic rings. The second-order valence-electron chi connectivity index (χ2n) is 5.04. The number of carbonyl (C=O) groups excluding carboxylic acids is 3. The normalized spacial score (nSPS) is 15.3. The smallest absolute Gasteiger partial charge is 0.413 e. The minimum Gasteiger partial charge on any atom is -0.482 e. The first-order valence-electron chi connectivity index (χ1n) is 7.54. The Kier molecular flexibility index (Phi) is 7.45. The summed E-state index contributed by atoms with van der Waals surface area (Å²) in [5.74, 6) is 1.37. The number of thioether (sulfide) groups is 2. The quantitative estimate of drug-likeness (QED) is 0.747. The number of esters is 1. The molecule has 1 aliphatic heterocycles. The molecular weight excluding hydrogens is 366 g/mol. The molecule has 0 radical (unpaired) electrons. The van der Waals surface area contributed by atoms with Gasteiger partial charge in [-0.05, 0) is 24.6 Å². The van der Waals surface area contributed by atoms with Crippen molar-refractivity contribution >= 4 is 41.5 Å². The van der Waals surface area contributed by atoms with Gasteiger partial charge in [-0.15, -0.1) is 23.5 Å². The minimum atomic E-state index is -1.13. The van der Waals surface area contributed by atoms with E-state index in [1.807, 2.05) is 41.0 Å². The van der Waals surface area contributed by atoms with E-state index in [1.165, 1.54) is 12.5 Å². The van der Waals surface area contributed by atoms with Gasteiger partial charge in [0.15, 0.2) is 12.7 Å². The molecule has 7 nitrogen and oxygen atoms in total. The number of alkyl carbamates (subject to hydrolysis) is 1. The van der Waals surface area contributed by atoms with E-state index in [-0.39, 0.29) is 6.61 Å². The van der Waals surface area contributed by atoms with Crippen LogP contribution in [0, 0.1) is 0 Å². The average Bonchev–Trinajstić information content (AvgIpc) is 3.14. The number of nitrogens with one attached hydrogen (secondary N) is 1. The summed E-state index contributed by atoms with van der Waals surface area (Å²) in [4.78, 5) is 34.2. The molecule has 136 valence electrons. The molecular formula is C16H19NO6S2. The van der Waals surface area contributed by atoms with Gasteiger partial charge in [0.05, 0.1) is 11.7 Å². The van der Waals surface area contributed by atoms with Crippen LogP contribution in [0.2, 0.25) is 0 Å². The summed E-state index contributed by atoms with van der Waals surface area (Å²) in [6.45, 7) is 1.02. The number of imide groups is 1. The second-order valence-corrected chi connectivity index (χ2v) is 7.77. The predicted octanol–water partition coefficient (Wildman–Crippen LogP) is 2.36. The lowest BCUT2D eigenvalue weighted by molar-refractivity contribution is -0.156. The third kappa shape index (κ3) is 6.17. The minimum absolute atomic E-state index is 0.331. The van der Waals surface area contributed by atoms with Crippen LogP contribution in [0.3, 0.4) is 0 Å². The van der Waals surface area contributed by atoms with E-state index in [0.29, 0.717) is 10.3 Å². The molecule has 0 bridgehead atoms. The van der Waals surface area contributed by atoms with Crippen LogP contribution in [0.25, 0.3) is 0 Å². The van der Waals surface area contributed by atoms with Gasteiger partial charge < -0.3 is 14.2 Å². The van der Waals surface area contributed by atoms with Gasteiger partial charge in [-0.3, -0.25) is 10.1 Å². The highest BCUT2D eigenvalue weighted by Crippen LogP contribution is 2.45. The molecule has 0 saturated carbocycles. The van der Waals surface area contributed by atoms with Gasteiger partial charge in [0.2, 0.25) is 0 Å². The SMILES string of the molecule is COC(=O)NC(=O)[C@H](C)OC(=O)COc1ccc(C2SCCS2)cc1. The van der Waals surface area contributed by atoms with Gasteiger partial charge in [-0.25, -0.2) is 9.59 Å². The Bertz CT molecular complexity index is 616. The Morgan fingerprint density at radius 3 is 2.44 bits per heavy atom. The lowest BCUT2D eigenvalue weighted by atomic mass is 10.2. The molecule has 2 amide bonds. The number of rotatable bonds is 6. The van der Waals surface area contributed by atoms with Crippen molar-refractivity contribution in [3.63, 3.8) is 0 Å². The number of amides is 2. The summed E-state index contributed by atoms with van der Waals surface area (Å²) in [7, 11) is 1.13. The highest BCUT2D eigenvalue weighted by atomic mass is 32.2. The predicted molar refractivity (Wildman–Crippen MR) is 95.7 cm³/mol. The highest BCUT2D eigenvalue weighted by Gasteiger charge is 2.21. The van der Waals surface area contributed by atoms with Crippen LogP contribution in [0.4, 0.5) is 4.79 Å². The van der Waals surface area contributed by atoms with Crippen LogP contribution in [0.15, 0.2) is 24.3 Å². The fraction of sp³-hybridized carbons (Fsp3) is 0.438. The van der Waals surface area contributed by atoms with E-state index in [4.69, 9.17) is 9.47 Å². The van der Waals surface area contributed by atoms with Crippen molar-refractivity contribution in [1.29, 1.82) is 0 Å². The topological polar surface area (TPSA) is 90.9 Å². The van der Waals surface area contributed by atoms with Gasteiger partial charge >= 0.3 is 12.1 Å². The number of hydrogen-bond acceptors (Lipinski definition) is 8. The van der Waals surface area contributed by atoms with Gasteiger partial charge in [0, 0.05) is 11.5 Å². The van der Waals surface area contributed by atoms with Crippen LogP contribution in [0.5, 0.6) is 5.75 Å². The molecule has 1 aromatic carbocycles. The van der Waals surface area contributed by atoms with E-state index in [0.717, 1.165) is 18.6 Å². The van der Waals surface area contributed by atoms with Crippen molar-refractivity contribution in [3.05, 3.63) is 29.8 Å². The molecule has 0 spiro atoms. The Labute approximate surface area is 154 Å². The Morgan fingerprint density at radius 1 is 1.20 bits per heavy atom. The van der Waals surface area contributed by atoms with Gasteiger partial charge in [0.1, 0.15) is 5.75 Å². The molecule has 0 aliphatic carbocycles. The van der Waals surface area contributed by atoms with E-state index in [1.54, 1.807) is 12.1 Å². The maximum absolute atomic E-state index is 11.7. The molecule has 0 unspecified atom stereocenters. The fourth-order valence-electron chi connectivity index (χ4n) is 1.95. The zero-order valence-corrected chi connectivity index (χ0v) is 15.5. The van der Waals surface area contributed by atoms with E-state index in [9.17, 15) is 14.4 Å². The van der Waals surface area contributed by atoms with Crippen molar-refractivity contribution in [1.82, 2.24) is 5.32 Å². The standard InChI is InChI=1S/C16H19NO6S2/c1-10(14(19)17-16(20)21-2)23-13(18)9-22-12-5-3-11(4-6-12)15-24-7-8-25-15/h3-6,10,15H,7-9H2,1-2H3,(H,17,19,20)/t10-/m0/s1. The molecule has 9 heteroatoms. The summed E-state index contributed by atoms with van der Waals surface area (Å²) in [5, 5.41) is 1.92. The van der Waals surface area contributed by atoms with Crippen LogP contribution in [0.1, 0.15) is 17.1 Å². The molecule has 1 aromatic rings. The van der Waals surface area contributed by atoms with E-state index < -0.39 is 24.1 Å². The molecule has 1 atom stereocenters. The zero-order chi connectivity index (χ0) is 18.2. The molecule has 1 N–H and O–H groups in total. The Morgan fingerprint density at radius 2 is 1.84 bits per heavy atom. The molecule has 1 saturated heterocycles. The van der Waals surface area contributed by atoms with Crippen LogP contribution in [-0.2, 0) is 19.1 Å². The second kappa shape index (κ2) is 9.57. The maximum Gasteiger partial charge on any atom is 0.413 e. The highest BCUT2D eigenvalue weighted by molar-refractivity contribution is 8.19. The number of benzene rings is 1. The largest absolute Gasteiger partial charge is 0.482 e. The van der Waals surface area contributed by atoms with Crippen LogP contribution < -0.4 is 10.1 Å². The van der Waals surface area contributed by atoms with Crippen molar-refractivity contribution in [2.24, 2.45) is 0 Å². The third-order valence-corrected chi connectivity index (χ3v) is 6.32. The number of ether oxygens (including phenoxy) is 3. The third-order valence-electron chi connectivity index (χ3n) is 3.22. The van der Waals surface area contributed by atoms with Gasteiger partial charge in [0.25, 0.3) is 5.91 Å². The van der Waals surface area contributed by atoms with Crippen molar-refractivity contribution in [3.8, 4) is 5.75 Å². The Hall–Kier alpha value is -1.87. The van der Waals surface area contributed by atoms with Crippen molar-refractivity contribution in [2.75, 3.05) is 25.2 Å². The number of methoxy groups -OCH3 is 1. The van der Waals surface area contributed by atoms with Crippen molar-refractivity contribution < 1.29 is 28.6 Å². The molecule has 25 heavy (non-hydrogen) atoms. The van der Waals surface area contributed by atoms with Crippen molar-refractivity contribution in [2.45, 2.75) is 17.6 Å². The van der Waals surface area contributed by atoms with Crippen LogP contribution >= 0.6 is 23.5 Å². The summed E-state index contributed by atoms with van der Waals surface area (Å²) < 4.78 is 15.0. The lowest BCUT2D eigenvalue weighted by Gasteiger charge is -2.13. The first kappa shape index (κ1) is 19.5. The first-order chi connectivity index (χ1) is 12.0. The number of carbonyl (C=O) groups is 3. The summed E-state index contributed by atoms with van der Waals surface area (Å²) in [6.07, 6.45) is -2.04.